The summed E-state index contributed by atoms with van der Waals surface area (Å²) in [7, 11) is 0. The molecule has 0 fully saturated rings. The van der Waals surface area contributed by atoms with Crippen molar-refractivity contribution in [1.29, 1.82) is 10.5 Å². The van der Waals surface area contributed by atoms with Crippen LogP contribution in [0.1, 0.15) is 48.7 Å². The summed E-state index contributed by atoms with van der Waals surface area (Å²) in [6, 6.07) is 23.2. The van der Waals surface area contributed by atoms with Gasteiger partial charge >= 0.3 is 0 Å². The van der Waals surface area contributed by atoms with Crippen molar-refractivity contribution in [3.05, 3.63) is 144 Å². The number of nitrogens with zero attached hydrogens (tertiary/aromatic N) is 10. The Morgan fingerprint density at radius 1 is 0.552 bits per heavy atom. The Morgan fingerprint density at radius 3 is 1.28 bits per heavy atom. The Morgan fingerprint density at radius 2 is 0.914 bits per heavy atom. The van der Waals surface area contributed by atoms with E-state index in [1.54, 1.807) is 45.5 Å². The maximum absolute atomic E-state index is 13.9. The molecule has 0 spiro atoms. The maximum Gasteiger partial charge on any atom is 0.150 e. The van der Waals surface area contributed by atoms with E-state index in [0.29, 0.717) is 45.1 Å². The summed E-state index contributed by atoms with van der Waals surface area (Å²) in [4.78, 5) is 25.0. The zero-order valence-corrected chi connectivity index (χ0v) is 30.5. The summed E-state index contributed by atoms with van der Waals surface area (Å²) >= 11 is 0. The van der Waals surface area contributed by atoms with Crippen LogP contribution in [0, 0.1) is 45.9 Å². The van der Waals surface area contributed by atoms with Gasteiger partial charge in [0.2, 0.25) is 0 Å². The van der Waals surface area contributed by atoms with Gasteiger partial charge in [0.05, 0.1) is 34.2 Å². The smallest absolute Gasteiger partial charge is 0.150 e. The molecule has 8 rings (SSSR count). The molecule has 288 valence electrons. The topological polar surface area (TPSA) is 211 Å². The molecule has 4 aromatic carbocycles. The van der Waals surface area contributed by atoms with E-state index in [1.165, 1.54) is 61.2 Å². The van der Waals surface area contributed by atoms with Gasteiger partial charge < -0.3 is 22.1 Å². The lowest BCUT2D eigenvalue weighted by molar-refractivity contribution is 0.626. The molecule has 0 saturated carbocycles. The second kappa shape index (κ2) is 15.9. The molecule has 0 radical (unpaired) electrons. The maximum atomic E-state index is 13.9. The first-order valence-electron chi connectivity index (χ1n) is 17.4. The highest BCUT2D eigenvalue weighted by Gasteiger charge is 2.22. The Bertz CT molecular complexity index is 2680. The molecule has 0 aliphatic carbocycles. The first kappa shape index (κ1) is 38.2. The standard InChI is InChI=1S/2C20H15F2N7/c2*1-11(27-19-15(9-23)18(24)25-10-26-19)20-28-16-7-4-13(22)8-17(16)29(20)14-5-2-12(21)3-6-14/h2*2-8,10-11H,1H3,(H3,24,25,26,27)/t2*11-/m10/s1. The van der Waals surface area contributed by atoms with Crippen LogP contribution in [0.25, 0.3) is 33.4 Å². The molecular formula is C40H30F4N14. The first-order valence-corrected chi connectivity index (χ1v) is 17.4. The van der Waals surface area contributed by atoms with Crippen LogP contribution in [-0.2, 0) is 0 Å². The van der Waals surface area contributed by atoms with E-state index >= 15 is 0 Å². The van der Waals surface area contributed by atoms with Gasteiger partial charge in [-0.05, 0) is 86.6 Å². The van der Waals surface area contributed by atoms with Crippen molar-refractivity contribution in [3.63, 3.8) is 0 Å². The summed E-state index contributed by atoms with van der Waals surface area (Å²) in [5, 5.41) is 24.9. The summed E-state index contributed by atoms with van der Waals surface area (Å²) in [6.45, 7) is 3.63. The van der Waals surface area contributed by atoms with Crippen molar-refractivity contribution < 1.29 is 17.6 Å². The van der Waals surface area contributed by atoms with Crippen LogP contribution in [0.4, 0.5) is 40.8 Å². The van der Waals surface area contributed by atoms with Gasteiger partial charge in [-0.2, -0.15) is 10.5 Å². The summed E-state index contributed by atoms with van der Waals surface area (Å²) in [5.74, 6) is 0.105. The van der Waals surface area contributed by atoms with E-state index in [2.05, 4.69) is 40.5 Å². The molecule has 14 nitrogen and oxygen atoms in total. The zero-order valence-electron chi connectivity index (χ0n) is 30.5. The van der Waals surface area contributed by atoms with Crippen LogP contribution in [0.5, 0.6) is 0 Å². The number of rotatable bonds is 8. The minimum absolute atomic E-state index is 0.0614. The number of nitriles is 2. The average molecular weight is 783 g/mol. The number of nitrogens with two attached hydrogens (primary N) is 2. The molecule has 4 aromatic heterocycles. The van der Waals surface area contributed by atoms with Gasteiger partial charge in [0, 0.05) is 23.5 Å². The van der Waals surface area contributed by atoms with E-state index in [-0.39, 0.29) is 46.0 Å². The van der Waals surface area contributed by atoms with E-state index in [9.17, 15) is 28.1 Å². The SMILES string of the molecule is C[C@@H](Nc1ncnc(N)c1C#N)c1nc2ccc(F)cc2n1-c1ccc(F)cc1.C[C@H](Nc1ncnc(N)c1C#N)c1nc2ccc(F)cc2n1-c1ccc(F)cc1. The number of benzene rings is 4. The van der Waals surface area contributed by atoms with Crippen LogP contribution in [-0.4, -0.2) is 39.0 Å². The zero-order chi connectivity index (χ0) is 41.1. The Balaban J connectivity index is 0.000000177. The van der Waals surface area contributed by atoms with Gasteiger partial charge in [0.25, 0.3) is 0 Å². The van der Waals surface area contributed by atoms with Crippen LogP contribution < -0.4 is 22.1 Å². The molecule has 0 saturated heterocycles. The van der Waals surface area contributed by atoms with E-state index in [4.69, 9.17) is 11.5 Å². The fourth-order valence-electron chi connectivity index (χ4n) is 6.22. The Labute approximate surface area is 327 Å². The minimum Gasteiger partial charge on any atom is -0.382 e. The molecule has 2 atom stereocenters. The monoisotopic (exact) mass is 782 g/mol. The number of halogens is 4. The average Bonchev–Trinajstić information content (AvgIpc) is 3.78. The number of fused-ring (bicyclic) bond motifs is 2. The number of nitrogens with one attached hydrogen (secondary N) is 2. The van der Waals surface area contributed by atoms with E-state index < -0.39 is 23.7 Å². The predicted molar refractivity (Wildman–Crippen MR) is 208 cm³/mol. The molecule has 0 aliphatic rings. The quantitative estimate of drug-likeness (QED) is 0.111. The third-order valence-electron chi connectivity index (χ3n) is 8.91. The highest BCUT2D eigenvalue weighted by molar-refractivity contribution is 5.80. The number of hydrogen-bond donors (Lipinski definition) is 4. The highest BCUT2D eigenvalue weighted by atomic mass is 19.1. The largest absolute Gasteiger partial charge is 0.382 e. The van der Waals surface area contributed by atoms with Crippen LogP contribution in [0.15, 0.2) is 97.6 Å². The predicted octanol–water partition coefficient (Wildman–Crippen LogP) is 7.44. The number of hydrogen-bond acceptors (Lipinski definition) is 12. The van der Waals surface area contributed by atoms with Crippen molar-refractivity contribution in [2.75, 3.05) is 22.1 Å². The van der Waals surface area contributed by atoms with Gasteiger partial charge in [-0.3, -0.25) is 9.13 Å². The van der Waals surface area contributed by atoms with Gasteiger partial charge in [0.1, 0.15) is 94.1 Å². The lowest BCUT2D eigenvalue weighted by Crippen LogP contribution is -2.15. The fraction of sp³-hybridized carbons (Fsp3) is 0.100. The normalized spacial score (nSPS) is 11.9. The number of aromatic nitrogens is 8. The van der Waals surface area contributed by atoms with E-state index in [0.717, 1.165) is 0 Å². The molecule has 4 heterocycles. The molecule has 18 heteroatoms. The van der Waals surface area contributed by atoms with Crippen molar-refractivity contribution >= 4 is 45.3 Å². The summed E-state index contributed by atoms with van der Waals surface area (Å²) in [6.07, 6.45) is 2.51. The summed E-state index contributed by atoms with van der Waals surface area (Å²) in [5.41, 5.74) is 15.2. The second-order valence-corrected chi connectivity index (χ2v) is 12.8. The third kappa shape index (κ3) is 7.57. The van der Waals surface area contributed by atoms with Crippen LogP contribution >= 0.6 is 0 Å². The first-order chi connectivity index (χ1) is 27.9. The number of anilines is 4. The molecule has 0 aliphatic heterocycles. The van der Waals surface area contributed by atoms with Crippen molar-refractivity contribution in [2.45, 2.75) is 25.9 Å². The Kier molecular flexibility index (Phi) is 10.5. The van der Waals surface area contributed by atoms with Crippen molar-refractivity contribution in [1.82, 2.24) is 39.0 Å². The molecule has 6 N–H and O–H groups in total. The van der Waals surface area contributed by atoms with E-state index in [1.807, 2.05) is 26.0 Å². The fourth-order valence-corrected chi connectivity index (χ4v) is 6.22. The molecular weight excluding hydrogens is 753 g/mol. The minimum atomic E-state index is -0.447. The number of nitrogen functional groups attached to an aromatic ring is 2. The Hall–Kier alpha value is -8.12. The van der Waals surface area contributed by atoms with Gasteiger partial charge in [-0.25, -0.2) is 47.5 Å². The van der Waals surface area contributed by atoms with Crippen LogP contribution in [0.3, 0.4) is 0 Å². The van der Waals surface area contributed by atoms with Gasteiger partial charge in [-0.1, -0.05) is 0 Å². The molecule has 0 unspecified atom stereocenters. The van der Waals surface area contributed by atoms with Crippen molar-refractivity contribution in [3.8, 4) is 23.5 Å². The lowest BCUT2D eigenvalue weighted by atomic mass is 10.2. The number of imidazole rings is 2. The van der Waals surface area contributed by atoms with Crippen LogP contribution in [0.2, 0.25) is 0 Å². The summed E-state index contributed by atoms with van der Waals surface area (Å²) < 4.78 is 58.1. The van der Waals surface area contributed by atoms with Gasteiger partial charge in [-0.15, -0.1) is 0 Å². The molecule has 0 bridgehead atoms. The van der Waals surface area contributed by atoms with Crippen molar-refractivity contribution in [2.24, 2.45) is 0 Å². The van der Waals surface area contributed by atoms with Gasteiger partial charge in [0.15, 0.2) is 0 Å². The lowest BCUT2D eigenvalue weighted by Gasteiger charge is -2.17. The highest BCUT2D eigenvalue weighted by Crippen LogP contribution is 2.31. The molecule has 58 heavy (non-hydrogen) atoms. The molecule has 0 amide bonds. The third-order valence-corrected chi connectivity index (χ3v) is 8.91. The second-order valence-electron chi connectivity index (χ2n) is 12.8. The molecule has 8 aromatic rings.